The van der Waals surface area contributed by atoms with Crippen molar-refractivity contribution in [3.05, 3.63) is 0 Å². The maximum absolute atomic E-state index is 11.3. The van der Waals surface area contributed by atoms with Crippen LogP contribution in [0.2, 0.25) is 0 Å². The first-order chi connectivity index (χ1) is 10.2. The molecule has 1 aliphatic rings. The maximum atomic E-state index is 11.3. The number of carboxylic acid groups (broad SMARTS) is 1. The van der Waals surface area contributed by atoms with Gasteiger partial charge in [-0.2, -0.15) is 0 Å². The van der Waals surface area contributed by atoms with Gasteiger partial charge in [-0.1, -0.05) is 13.8 Å². The Kier molecular flexibility index (Phi) is 7.67. The van der Waals surface area contributed by atoms with Crippen LogP contribution >= 0.6 is 23.5 Å². The quantitative estimate of drug-likeness (QED) is 0.479. The van der Waals surface area contributed by atoms with Crippen molar-refractivity contribution in [2.24, 2.45) is 0 Å². The number of hydrogen-bond donors (Lipinski definition) is 2. The van der Waals surface area contributed by atoms with E-state index < -0.39 is 42.3 Å². The normalized spacial score (nSPS) is 25.4. The van der Waals surface area contributed by atoms with E-state index >= 15 is 0 Å². The van der Waals surface area contributed by atoms with E-state index in [1.165, 1.54) is 0 Å². The van der Waals surface area contributed by atoms with Crippen molar-refractivity contribution in [1.82, 2.24) is 0 Å². The molecule has 128 valence electrons. The molecular weight excluding hydrogens is 328 g/mol. The molecule has 6 nitrogen and oxygen atoms in total. The van der Waals surface area contributed by atoms with Gasteiger partial charge in [0.25, 0.3) is 0 Å². The molecular formula is C14H24O6S2. The zero-order chi connectivity index (χ0) is 16.9. The van der Waals surface area contributed by atoms with Crippen molar-refractivity contribution in [3.63, 3.8) is 0 Å². The van der Waals surface area contributed by atoms with Crippen molar-refractivity contribution in [3.8, 4) is 0 Å². The summed E-state index contributed by atoms with van der Waals surface area (Å²) in [5, 5.41) is 18.9. The molecule has 0 saturated carbocycles. The maximum Gasteiger partial charge on any atom is 0.372 e. The summed E-state index contributed by atoms with van der Waals surface area (Å²) < 4.78 is 11.7. The number of rotatable bonds is 9. The highest BCUT2D eigenvalue weighted by molar-refractivity contribution is 8.17. The average molecular weight is 352 g/mol. The number of carbonyl (C=O) groups excluding carboxylic acids is 1. The van der Waals surface area contributed by atoms with Crippen molar-refractivity contribution >= 4 is 35.3 Å². The predicted octanol–water partition coefficient (Wildman–Crippen LogP) is 1.74. The van der Waals surface area contributed by atoms with Gasteiger partial charge < -0.3 is 19.7 Å². The number of carboxylic acids is 1. The summed E-state index contributed by atoms with van der Waals surface area (Å²) in [6.07, 6.45) is -2.80. The van der Waals surface area contributed by atoms with Gasteiger partial charge in [-0.25, -0.2) is 4.79 Å². The summed E-state index contributed by atoms with van der Waals surface area (Å²) in [5.41, 5.74) is 0. The van der Waals surface area contributed by atoms with E-state index in [-0.39, 0.29) is 4.58 Å². The SMILES string of the molecule is CCSC(SCC)[C@H]1OC(C)(C)O[C@@H]1[C@@H](O)CC(=O)C(=O)O. The molecule has 0 aromatic carbocycles. The monoisotopic (exact) mass is 352 g/mol. The van der Waals surface area contributed by atoms with Crippen LogP contribution < -0.4 is 0 Å². The van der Waals surface area contributed by atoms with Gasteiger partial charge in [-0.05, 0) is 25.4 Å². The zero-order valence-electron chi connectivity index (χ0n) is 13.3. The summed E-state index contributed by atoms with van der Waals surface area (Å²) in [6, 6.07) is 0. The largest absolute Gasteiger partial charge is 0.475 e. The number of aliphatic carboxylic acids is 1. The Morgan fingerprint density at radius 1 is 1.14 bits per heavy atom. The van der Waals surface area contributed by atoms with Crippen molar-refractivity contribution < 1.29 is 29.3 Å². The standard InChI is InChI=1S/C14H24O6S2/c1-5-21-13(22-6-2)11-10(19-14(3,4)20-11)8(15)7-9(16)12(17)18/h8,10-11,13,15H,5-7H2,1-4H3,(H,17,18)/t8-,10+,11-/m0/s1. The summed E-state index contributed by atoms with van der Waals surface area (Å²) in [4.78, 5) is 22.0. The van der Waals surface area contributed by atoms with E-state index in [2.05, 4.69) is 0 Å². The van der Waals surface area contributed by atoms with Gasteiger partial charge in [0.05, 0.1) is 10.7 Å². The molecule has 0 aliphatic carbocycles. The third-order valence-corrected chi connectivity index (χ3v) is 5.78. The van der Waals surface area contributed by atoms with Crippen LogP contribution in [-0.4, -0.2) is 62.2 Å². The minimum atomic E-state index is -1.55. The van der Waals surface area contributed by atoms with Gasteiger partial charge in [0.15, 0.2) is 5.79 Å². The molecule has 3 atom stereocenters. The van der Waals surface area contributed by atoms with Gasteiger partial charge in [-0.15, -0.1) is 23.5 Å². The number of aliphatic hydroxyl groups is 1. The van der Waals surface area contributed by atoms with E-state index in [0.717, 1.165) is 11.5 Å². The Hall–Kier alpha value is -0.280. The second-order valence-electron chi connectivity index (χ2n) is 5.34. The number of aliphatic hydroxyl groups excluding tert-OH is 1. The topological polar surface area (TPSA) is 93.1 Å². The highest BCUT2D eigenvalue weighted by atomic mass is 32.2. The van der Waals surface area contributed by atoms with E-state index in [4.69, 9.17) is 14.6 Å². The predicted molar refractivity (Wildman–Crippen MR) is 87.1 cm³/mol. The van der Waals surface area contributed by atoms with Gasteiger partial charge in [0.1, 0.15) is 12.2 Å². The third kappa shape index (κ3) is 5.42. The molecule has 0 bridgehead atoms. The van der Waals surface area contributed by atoms with Gasteiger partial charge >= 0.3 is 5.97 Å². The highest BCUT2D eigenvalue weighted by Crippen LogP contribution is 2.40. The highest BCUT2D eigenvalue weighted by Gasteiger charge is 2.48. The average Bonchev–Trinajstić information content (AvgIpc) is 2.74. The lowest BCUT2D eigenvalue weighted by Gasteiger charge is -2.27. The number of Topliss-reactive ketones (excluding diaryl/α,β-unsaturated/α-hetero) is 1. The Morgan fingerprint density at radius 3 is 2.09 bits per heavy atom. The van der Waals surface area contributed by atoms with Gasteiger partial charge in [-0.3, -0.25) is 4.79 Å². The molecule has 0 radical (unpaired) electrons. The second-order valence-corrected chi connectivity index (χ2v) is 8.48. The Bertz CT molecular complexity index is 395. The zero-order valence-corrected chi connectivity index (χ0v) is 14.9. The van der Waals surface area contributed by atoms with Crippen LogP contribution in [0.3, 0.4) is 0 Å². The van der Waals surface area contributed by atoms with Crippen LogP contribution in [-0.2, 0) is 19.1 Å². The Labute approximate surface area is 139 Å². The first-order valence-corrected chi connectivity index (χ1v) is 9.34. The molecule has 2 N–H and O–H groups in total. The molecule has 22 heavy (non-hydrogen) atoms. The van der Waals surface area contributed by atoms with E-state index in [1.54, 1.807) is 37.4 Å². The summed E-state index contributed by atoms with van der Waals surface area (Å²) in [6.45, 7) is 7.56. The van der Waals surface area contributed by atoms with Crippen LogP contribution in [0.4, 0.5) is 0 Å². The fourth-order valence-corrected chi connectivity index (χ4v) is 4.94. The minimum Gasteiger partial charge on any atom is -0.475 e. The Morgan fingerprint density at radius 2 is 1.64 bits per heavy atom. The molecule has 0 spiro atoms. The molecule has 8 heteroatoms. The molecule has 0 aromatic heterocycles. The number of hydrogen-bond acceptors (Lipinski definition) is 7. The molecule has 1 rings (SSSR count). The molecule has 1 aliphatic heterocycles. The van der Waals surface area contributed by atoms with Crippen LogP contribution in [0.5, 0.6) is 0 Å². The smallest absolute Gasteiger partial charge is 0.372 e. The number of ketones is 1. The summed E-state index contributed by atoms with van der Waals surface area (Å²) in [7, 11) is 0. The minimum absolute atomic E-state index is 0.0522. The Balaban J connectivity index is 2.87. The second kappa shape index (κ2) is 8.54. The molecule has 1 heterocycles. The van der Waals surface area contributed by atoms with E-state index in [1.807, 2.05) is 13.8 Å². The first-order valence-electron chi connectivity index (χ1n) is 7.24. The van der Waals surface area contributed by atoms with E-state index in [0.29, 0.717) is 0 Å². The fourth-order valence-electron chi connectivity index (χ4n) is 2.28. The summed E-state index contributed by atoms with van der Waals surface area (Å²) in [5.74, 6) is -1.67. The number of ether oxygens (including phenoxy) is 2. The van der Waals surface area contributed by atoms with E-state index in [9.17, 15) is 14.7 Å². The van der Waals surface area contributed by atoms with Crippen LogP contribution in [0.25, 0.3) is 0 Å². The lowest BCUT2D eigenvalue weighted by atomic mass is 10.0. The van der Waals surface area contributed by atoms with Crippen molar-refractivity contribution in [2.75, 3.05) is 11.5 Å². The van der Waals surface area contributed by atoms with Gasteiger partial charge in [0.2, 0.25) is 5.78 Å². The van der Waals surface area contributed by atoms with Crippen LogP contribution in [0.15, 0.2) is 0 Å². The fraction of sp³-hybridized carbons (Fsp3) is 0.857. The molecule has 0 amide bonds. The lowest BCUT2D eigenvalue weighted by molar-refractivity contribution is -0.159. The molecule has 0 aromatic rings. The third-order valence-electron chi connectivity index (χ3n) is 3.11. The molecule has 0 unspecified atom stereocenters. The molecule has 1 fully saturated rings. The molecule has 1 saturated heterocycles. The van der Waals surface area contributed by atoms with Crippen molar-refractivity contribution in [2.45, 2.75) is 62.8 Å². The number of thioether (sulfide) groups is 2. The van der Waals surface area contributed by atoms with Crippen molar-refractivity contribution in [1.29, 1.82) is 0 Å². The lowest BCUT2D eigenvalue weighted by Crippen LogP contribution is -2.42. The number of carbonyl (C=O) groups is 2. The van der Waals surface area contributed by atoms with Crippen LogP contribution in [0, 0.1) is 0 Å². The van der Waals surface area contributed by atoms with Crippen LogP contribution in [0.1, 0.15) is 34.1 Å². The summed E-state index contributed by atoms with van der Waals surface area (Å²) >= 11 is 3.38. The first kappa shape index (κ1) is 19.8. The van der Waals surface area contributed by atoms with Gasteiger partial charge in [0, 0.05) is 6.42 Å².